The van der Waals surface area contributed by atoms with Gasteiger partial charge in [-0.05, 0) is 44.9 Å². The molecule has 0 aromatic heterocycles. The van der Waals surface area contributed by atoms with Crippen LogP contribution in [0.4, 0.5) is 10.5 Å². The van der Waals surface area contributed by atoms with E-state index in [0.29, 0.717) is 5.56 Å². The van der Waals surface area contributed by atoms with Crippen molar-refractivity contribution in [3.05, 3.63) is 39.9 Å². The summed E-state index contributed by atoms with van der Waals surface area (Å²) in [5.74, 6) is -1.21. The molecule has 0 spiro atoms. The monoisotopic (exact) mass is 364 g/mol. The number of nitro groups is 1. The Morgan fingerprint density at radius 3 is 2.42 bits per heavy atom. The molecule has 1 heterocycles. The Balaban J connectivity index is 2.00. The zero-order valence-electron chi connectivity index (χ0n) is 14.8. The summed E-state index contributed by atoms with van der Waals surface area (Å²) in [6.45, 7) is 4.86. The highest BCUT2D eigenvalue weighted by molar-refractivity contribution is 5.99. The first-order chi connectivity index (χ1) is 12.1. The Morgan fingerprint density at radius 1 is 1.27 bits per heavy atom. The molecule has 0 bridgehead atoms. The highest BCUT2D eigenvalue weighted by Gasteiger charge is 2.43. The lowest BCUT2D eigenvalue weighted by molar-refractivity contribution is -0.384. The van der Waals surface area contributed by atoms with E-state index >= 15 is 0 Å². The molecule has 9 heteroatoms. The molecule has 1 aromatic rings. The van der Waals surface area contributed by atoms with Crippen LogP contribution in [0.15, 0.2) is 24.3 Å². The fourth-order valence-electron chi connectivity index (χ4n) is 2.41. The third-order valence-electron chi connectivity index (χ3n) is 3.60. The molecule has 1 aliphatic heterocycles. The van der Waals surface area contributed by atoms with E-state index < -0.39 is 34.5 Å². The van der Waals surface area contributed by atoms with Crippen LogP contribution in [0.5, 0.6) is 0 Å². The van der Waals surface area contributed by atoms with E-state index in [1.165, 1.54) is 24.3 Å². The first-order valence-corrected chi connectivity index (χ1v) is 8.03. The van der Waals surface area contributed by atoms with Crippen LogP contribution in [-0.4, -0.2) is 39.4 Å². The molecule has 0 radical (unpaired) electrons. The van der Waals surface area contributed by atoms with Gasteiger partial charge in [0.1, 0.15) is 18.2 Å². The number of benzene rings is 1. The molecule has 2 amide bonds. The lowest BCUT2D eigenvalue weighted by atomic mass is 10.2. The number of hydrogen-bond donors (Lipinski definition) is 0. The van der Waals surface area contributed by atoms with Crippen LogP contribution in [0.25, 0.3) is 0 Å². The minimum Gasteiger partial charge on any atom is -0.459 e. The number of rotatable bonds is 4. The number of carbonyl (C=O) groups excluding carboxylic acids is 3. The molecule has 1 saturated heterocycles. The number of nitro benzene ring substituents is 1. The number of esters is 1. The van der Waals surface area contributed by atoms with Crippen LogP contribution in [0.2, 0.25) is 0 Å². The summed E-state index contributed by atoms with van der Waals surface area (Å²) in [5, 5.41) is 10.6. The first-order valence-electron chi connectivity index (χ1n) is 8.03. The fourth-order valence-corrected chi connectivity index (χ4v) is 2.41. The molecule has 0 saturated carbocycles. The van der Waals surface area contributed by atoms with Gasteiger partial charge in [-0.15, -0.1) is 0 Å². The number of nitrogens with zero attached hydrogens (tertiary/aromatic N) is 2. The third kappa shape index (κ3) is 4.78. The summed E-state index contributed by atoms with van der Waals surface area (Å²) >= 11 is 0. The first kappa shape index (κ1) is 19.4. The maximum atomic E-state index is 12.3. The minimum absolute atomic E-state index is 0.0521. The van der Waals surface area contributed by atoms with Gasteiger partial charge in [-0.2, -0.15) is 0 Å². The molecular formula is C17H20N2O7. The van der Waals surface area contributed by atoms with E-state index in [1.807, 2.05) is 0 Å². The van der Waals surface area contributed by atoms with Crippen molar-refractivity contribution < 1.29 is 28.8 Å². The molecule has 140 valence electrons. The molecule has 9 nitrogen and oxygen atoms in total. The highest BCUT2D eigenvalue weighted by atomic mass is 16.6. The summed E-state index contributed by atoms with van der Waals surface area (Å²) in [6.07, 6.45) is -0.662. The van der Waals surface area contributed by atoms with Gasteiger partial charge in [-0.25, -0.2) is 14.5 Å². The standard InChI is InChI=1S/C17H20N2O7/c1-17(2,3)26-16(22)18-13(8-9-14(18)20)15(21)25-10-11-4-6-12(7-5-11)19(23)24/h4-7,13H,8-10H2,1-3H3/t13-/m0/s1. The summed E-state index contributed by atoms with van der Waals surface area (Å²) in [7, 11) is 0. The van der Waals surface area contributed by atoms with Crippen molar-refractivity contribution >= 4 is 23.7 Å². The summed E-state index contributed by atoms with van der Waals surface area (Å²) < 4.78 is 10.3. The summed E-state index contributed by atoms with van der Waals surface area (Å²) in [6, 6.07) is 4.51. The third-order valence-corrected chi connectivity index (χ3v) is 3.60. The largest absolute Gasteiger partial charge is 0.459 e. The summed E-state index contributed by atoms with van der Waals surface area (Å²) in [4.78, 5) is 47.3. The lowest BCUT2D eigenvalue weighted by Gasteiger charge is -2.26. The zero-order valence-corrected chi connectivity index (χ0v) is 14.8. The predicted molar refractivity (Wildman–Crippen MR) is 89.0 cm³/mol. The van der Waals surface area contributed by atoms with Crippen LogP contribution in [0.3, 0.4) is 0 Å². The predicted octanol–water partition coefficient (Wildman–Crippen LogP) is 2.56. The second-order valence-corrected chi connectivity index (χ2v) is 6.83. The molecule has 0 aliphatic carbocycles. The van der Waals surface area contributed by atoms with Gasteiger partial charge >= 0.3 is 12.1 Å². The number of non-ortho nitro benzene ring substituents is 1. The maximum absolute atomic E-state index is 12.3. The quantitative estimate of drug-likeness (QED) is 0.458. The normalized spacial score (nSPS) is 17.1. The van der Waals surface area contributed by atoms with E-state index in [1.54, 1.807) is 20.8 Å². The van der Waals surface area contributed by atoms with Crippen molar-refractivity contribution in [1.29, 1.82) is 0 Å². The van der Waals surface area contributed by atoms with Crippen LogP contribution in [-0.2, 0) is 25.7 Å². The number of ether oxygens (including phenoxy) is 2. The highest BCUT2D eigenvalue weighted by Crippen LogP contribution is 2.23. The fraction of sp³-hybridized carbons (Fsp3) is 0.471. The number of hydrogen-bond acceptors (Lipinski definition) is 7. The second-order valence-electron chi connectivity index (χ2n) is 6.83. The van der Waals surface area contributed by atoms with Gasteiger partial charge in [0.15, 0.2) is 0 Å². The summed E-state index contributed by atoms with van der Waals surface area (Å²) in [5.41, 5.74) is -0.317. The molecule has 1 aliphatic rings. The molecule has 26 heavy (non-hydrogen) atoms. The maximum Gasteiger partial charge on any atom is 0.417 e. The van der Waals surface area contributed by atoms with Gasteiger partial charge in [-0.3, -0.25) is 14.9 Å². The minimum atomic E-state index is -1.03. The zero-order chi connectivity index (χ0) is 19.5. The van der Waals surface area contributed by atoms with Crippen LogP contribution < -0.4 is 0 Å². The van der Waals surface area contributed by atoms with Gasteiger partial charge in [0.05, 0.1) is 4.92 Å². The SMILES string of the molecule is CC(C)(C)OC(=O)N1C(=O)CC[C@H]1C(=O)OCc1ccc([N+](=O)[O-])cc1. The Bertz CT molecular complexity index is 722. The average Bonchev–Trinajstić information content (AvgIpc) is 2.93. The molecule has 1 aromatic carbocycles. The Morgan fingerprint density at radius 2 is 1.88 bits per heavy atom. The van der Waals surface area contributed by atoms with E-state index in [0.717, 1.165) is 4.90 Å². The van der Waals surface area contributed by atoms with Crippen molar-refractivity contribution in [2.45, 2.75) is 51.9 Å². The number of imide groups is 1. The molecule has 1 fully saturated rings. The van der Waals surface area contributed by atoms with Gasteiger partial charge < -0.3 is 9.47 Å². The van der Waals surface area contributed by atoms with Crippen molar-refractivity contribution in [3.63, 3.8) is 0 Å². The van der Waals surface area contributed by atoms with Crippen molar-refractivity contribution in [1.82, 2.24) is 4.90 Å². The van der Waals surface area contributed by atoms with E-state index in [2.05, 4.69) is 0 Å². The number of amides is 2. The number of carbonyl (C=O) groups is 3. The Kier molecular flexibility index (Phi) is 5.59. The molecule has 1 atom stereocenters. The second kappa shape index (κ2) is 7.51. The van der Waals surface area contributed by atoms with E-state index in [-0.39, 0.29) is 25.1 Å². The van der Waals surface area contributed by atoms with Crippen molar-refractivity contribution in [2.75, 3.05) is 0 Å². The van der Waals surface area contributed by atoms with Crippen molar-refractivity contribution in [3.8, 4) is 0 Å². The Hall–Kier alpha value is -2.97. The van der Waals surface area contributed by atoms with Gasteiger partial charge in [-0.1, -0.05) is 0 Å². The molecular weight excluding hydrogens is 344 g/mol. The van der Waals surface area contributed by atoms with E-state index in [4.69, 9.17) is 9.47 Å². The van der Waals surface area contributed by atoms with Gasteiger partial charge in [0, 0.05) is 18.6 Å². The molecule has 2 rings (SSSR count). The van der Waals surface area contributed by atoms with Crippen molar-refractivity contribution in [2.24, 2.45) is 0 Å². The van der Waals surface area contributed by atoms with Crippen LogP contribution in [0.1, 0.15) is 39.2 Å². The molecule has 0 unspecified atom stereocenters. The Labute approximate surface area is 150 Å². The molecule has 0 N–H and O–H groups in total. The number of likely N-dealkylation sites (tertiary alicyclic amines) is 1. The van der Waals surface area contributed by atoms with E-state index in [9.17, 15) is 24.5 Å². The smallest absolute Gasteiger partial charge is 0.417 e. The van der Waals surface area contributed by atoms with Gasteiger partial charge in [0.2, 0.25) is 5.91 Å². The average molecular weight is 364 g/mol. The van der Waals surface area contributed by atoms with Crippen LogP contribution >= 0.6 is 0 Å². The topological polar surface area (TPSA) is 116 Å². The van der Waals surface area contributed by atoms with Crippen LogP contribution in [0, 0.1) is 10.1 Å². The lowest BCUT2D eigenvalue weighted by Crippen LogP contribution is -2.46. The van der Waals surface area contributed by atoms with Gasteiger partial charge in [0.25, 0.3) is 5.69 Å².